The highest BCUT2D eigenvalue weighted by Gasteiger charge is 2.26. The van der Waals surface area contributed by atoms with E-state index in [1.54, 1.807) is 19.2 Å². The average Bonchev–Trinajstić information content (AvgIpc) is 2.65. The van der Waals surface area contributed by atoms with Crippen LogP contribution in [-0.4, -0.2) is 30.9 Å². The molecule has 5 nitrogen and oxygen atoms in total. The maximum Gasteiger partial charge on any atom is 0.156 e. The van der Waals surface area contributed by atoms with Crippen molar-refractivity contribution in [3.63, 3.8) is 0 Å². The van der Waals surface area contributed by atoms with Crippen molar-refractivity contribution >= 4 is 18.1 Å². The second-order valence-corrected chi connectivity index (χ2v) is 6.13. The molecule has 2 aliphatic heterocycles. The number of aliphatic imine (C=N–C) groups is 3. The van der Waals surface area contributed by atoms with Crippen LogP contribution in [0.25, 0.3) is 0 Å². The van der Waals surface area contributed by atoms with E-state index in [-0.39, 0.29) is 18.4 Å². The molecule has 0 aromatic heterocycles. The molecule has 0 saturated carbocycles. The van der Waals surface area contributed by atoms with E-state index < -0.39 is 12.1 Å². The summed E-state index contributed by atoms with van der Waals surface area (Å²) < 4.78 is 13.6. The van der Waals surface area contributed by atoms with Gasteiger partial charge in [0.15, 0.2) is 6.17 Å². The summed E-state index contributed by atoms with van der Waals surface area (Å²) in [6.07, 6.45) is 6.60. The third-order valence-electron chi connectivity index (χ3n) is 4.43. The Hall–Kier alpha value is -2.65. The lowest BCUT2D eigenvalue weighted by molar-refractivity contribution is 0.537. The van der Waals surface area contributed by atoms with E-state index in [9.17, 15) is 9.65 Å². The molecule has 0 spiro atoms. The van der Waals surface area contributed by atoms with Gasteiger partial charge in [-0.05, 0) is 29.7 Å². The number of nitrogens with zero attached hydrogens (tertiary/aromatic N) is 4. The van der Waals surface area contributed by atoms with E-state index >= 15 is 0 Å². The highest BCUT2D eigenvalue weighted by Crippen LogP contribution is 2.32. The van der Waals surface area contributed by atoms with Gasteiger partial charge in [-0.2, -0.15) is 5.26 Å². The Morgan fingerprint density at radius 3 is 2.92 bits per heavy atom. The van der Waals surface area contributed by atoms with Crippen molar-refractivity contribution in [2.75, 3.05) is 6.54 Å². The topological polar surface area (TPSA) is 86.9 Å². The van der Waals surface area contributed by atoms with Gasteiger partial charge in [0.2, 0.25) is 0 Å². The smallest absolute Gasteiger partial charge is 0.156 e. The maximum absolute atomic E-state index is 13.6. The summed E-state index contributed by atoms with van der Waals surface area (Å²) in [5, 5.41) is 9.21. The number of hydrogen-bond donors (Lipinski definition) is 1. The minimum atomic E-state index is -0.471. The summed E-state index contributed by atoms with van der Waals surface area (Å²) in [5.74, 6) is -0.665. The van der Waals surface area contributed by atoms with Gasteiger partial charge in [-0.1, -0.05) is 18.2 Å². The van der Waals surface area contributed by atoms with Gasteiger partial charge < -0.3 is 5.73 Å². The summed E-state index contributed by atoms with van der Waals surface area (Å²) in [6, 6.07) is 7.01. The molecule has 1 aromatic carbocycles. The number of nitrogens with two attached hydrogens (primary N) is 1. The number of benzene rings is 1. The molecule has 6 heteroatoms. The van der Waals surface area contributed by atoms with Crippen molar-refractivity contribution in [3.05, 3.63) is 46.8 Å². The van der Waals surface area contributed by atoms with E-state index in [0.29, 0.717) is 12.0 Å². The Kier molecular flexibility index (Phi) is 5.15. The lowest BCUT2D eigenvalue weighted by Gasteiger charge is -2.25. The van der Waals surface area contributed by atoms with E-state index in [4.69, 9.17) is 5.73 Å². The third kappa shape index (κ3) is 3.57. The highest BCUT2D eigenvalue weighted by molar-refractivity contribution is 6.09. The fourth-order valence-electron chi connectivity index (χ4n) is 3.04. The number of halogens is 1. The van der Waals surface area contributed by atoms with Crippen LogP contribution in [0.1, 0.15) is 30.0 Å². The normalized spacial score (nSPS) is 23.6. The van der Waals surface area contributed by atoms with E-state index in [0.717, 1.165) is 23.3 Å². The molecule has 0 radical (unpaired) electrons. The van der Waals surface area contributed by atoms with E-state index in [1.165, 1.54) is 6.07 Å². The first kappa shape index (κ1) is 17.2. The van der Waals surface area contributed by atoms with Crippen LogP contribution in [0.2, 0.25) is 0 Å². The molecule has 2 N–H and O–H groups in total. The second-order valence-electron chi connectivity index (χ2n) is 6.13. The molecule has 0 saturated heterocycles. The van der Waals surface area contributed by atoms with Gasteiger partial charge in [-0.3, -0.25) is 15.0 Å². The molecule has 3 rings (SSSR count). The fourth-order valence-corrected chi connectivity index (χ4v) is 3.04. The first-order valence-corrected chi connectivity index (χ1v) is 8.30. The van der Waals surface area contributed by atoms with Crippen molar-refractivity contribution in [1.82, 2.24) is 0 Å². The van der Waals surface area contributed by atoms with E-state index in [1.807, 2.05) is 12.3 Å². The van der Waals surface area contributed by atoms with Gasteiger partial charge in [0.05, 0.1) is 6.07 Å². The Balaban J connectivity index is 1.93. The van der Waals surface area contributed by atoms with Gasteiger partial charge in [0, 0.05) is 37.5 Å². The zero-order valence-corrected chi connectivity index (χ0v) is 14.1. The standard InChI is InChI=1S/C19H20FN5/c1-12-9-13(4-5-16(12)20)18-15(3-2-7-23-18)17-6-8-24-19(25-17)14(10-21)11-22/h3-5,7-9,14,18-19H,2,6,10,21H2,1H3. The number of dihydropyridines is 1. The summed E-state index contributed by atoms with van der Waals surface area (Å²) in [4.78, 5) is 13.6. The van der Waals surface area contributed by atoms with Crippen molar-refractivity contribution in [2.45, 2.75) is 32.0 Å². The molecule has 128 valence electrons. The molecule has 0 fully saturated rings. The molecule has 25 heavy (non-hydrogen) atoms. The monoisotopic (exact) mass is 337 g/mol. The predicted molar refractivity (Wildman–Crippen MR) is 97.6 cm³/mol. The van der Waals surface area contributed by atoms with Crippen LogP contribution in [0.4, 0.5) is 4.39 Å². The molecule has 1 aromatic rings. The van der Waals surface area contributed by atoms with Crippen LogP contribution in [0.5, 0.6) is 0 Å². The van der Waals surface area contributed by atoms with Crippen LogP contribution in [-0.2, 0) is 0 Å². The largest absolute Gasteiger partial charge is 0.329 e. The number of allylic oxidation sites excluding steroid dienone is 1. The summed E-state index contributed by atoms with van der Waals surface area (Å²) in [5.41, 5.74) is 9.04. The van der Waals surface area contributed by atoms with Gasteiger partial charge in [-0.15, -0.1) is 0 Å². The molecule has 0 bridgehead atoms. The Labute approximate surface area is 146 Å². The van der Waals surface area contributed by atoms with Crippen molar-refractivity contribution in [3.8, 4) is 6.07 Å². The summed E-state index contributed by atoms with van der Waals surface area (Å²) in [7, 11) is 0. The van der Waals surface area contributed by atoms with Crippen molar-refractivity contribution in [2.24, 2.45) is 26.6 Å². The lowest BCUT2D eigenvalue weighted by atomic mass is 9.90. The van der Waals surface area contributed by atoms with Crippen molar-refractivity contribution in [1.29, 1.82) is 5.26 Å². The molecule has 3 unspecified atom stereocenters. The molecule has 0 amide bonds. The second kappa shape index (κ2) is 7.49. The first-order valence-electron chi connectivity index (χ1n) is 8.30. The fraction of sp³-hybridized carbons (Fsp3) is 0.368. The molecule has 2 aliphatic rings. The lowest BCUT2D eigenvalue weighted by Crippen LogP contribution is -2.28. The molecule has 0 aliphatic carbocycles. The molecular formula is C19H20FN5. The third-order valence-corrected chi connectivity index (χ3v) is 4.43. The first-order chi connectivity index (χ1) is 12.1. The highest BCUT2D eigenvalue weighted by atomic mass is 19.1. The average molecular weight is 337 g/mol. The minimum absolute atomic E-state index is 0.211. The van der Waals surface area contributed by atoms with Gasteiger partial charge >= 0.3 is 0 Å². The quantitative estimate of drug-likeness (QED) is 0.915. The van der Waals surface area contributed by atoms with Crippen LogP contribution < -0.4 is 5.73 Å². The molecule has 2 heterocycles. The number of aryl methyl sites for hydroxylation is 1. The van der Waals surface area contributed by atoms with Crippen LogP contribution in [0, 0.1) is 30.0 Å². The van der Waals surface area contributed by atoms with Gasteiger partial charge in [-0.25, -0.2) is 4.39 Å². The number of nitriles is 1. The maximum atomic E-state index is 13.6. The van der Waals surface area contributed by atoms with Gasteiger partial charge in [0.1, 0.15) is 17.8 Å². The van der Waals surface area contributed by atoms with E-state index in [2.05, 4.69) is 27.1 Å². The number of rotatable bonds is 4. The summed E-state index contributed by atoms with van der Waals surface area (Å²) in [6.45, 7) is 1.96. The van der Waals surface area contributed by atoms with Gasteiger partial charge in [0.25, 0.3) is 0 Å². The molecular weight excluding hydrogens is 317 g/mol. The van der Waals surface area contributed by atoms with Crippen molar-refractivity contribution < 1.29 is 4.39 Å². The zero-order chi connectivity index (χ0) is 17.8. The predicted octanol–water partition coefficient (Wildman–Crippen LogP) is 2.92. The minimum Gasteiger partial charge on any atom is -0.329 e. The SMILES string of the molecule is Cc1cc(C2N=CCC=C2C2=NC(C(C#N)CN)N=CC2)ccc1F. The van der Waals surface area contributed by atoms with Crippen LogP contribution in [0.3, 0.4) is 0 Å². The zero-order valence-electron chi connectivity index (χ0n) is 14.1. The number of hydrogen-bond acceptors (Lipinski definition) is 5. The van der Waals surface area contributed by atoms with Crippen LogP contribution >= 0.6 is 0 Å². The molecule has 3 atom stereocenters. The van der Waals surface area contributed by atoms with Crippen LogP contribution in [0.15, 0.2) is 44.8 Å². The Bertz CT molecular complexity index is 816. The Morgan fingerprint density at radius 2 is 2.20 bits per heavy atom. The summed E-state index contributed by atoms with van der Waals surface area (Å²) >= 11 is 0. The Morgan fingerprint density at radius 1 is 1.36 bits per heavy atom.